The standard InChI is InChI=1S/C23H37N5O3/c1-23(22(31)26-17-11-7-4-5-8-12-17)16-25-19(20(29)27(23)3)15-18(24-2)21(30)28-13-9-6-10-14-28/h15,17,25H,4-14,16H2,1-3H3,(H,26,31)/b19-15-,24-18+. The lowest BCUT2D eigenvalue weighted by Crippen LogP contribution is -2.67. The summed E-state index contributed by atoms with van der Waals surface area (Å²) in [6, 6.07) is 0.174. The molecule has 0 aromatic rings. The van der Waals surface area contributed by atoms with E-state index in [0.717, 1.165) is 58.0 Å². The van der Waals surface area contributed by atoms with Crippen LogP contribution in [0.1, 0.15) is 64.7 Å². The molecule has 1 unspecified atom stereocenters. The molecular weight excluding hydrogens is 394 g/mol. The second-order valence-electron chi connectivity index (χ2n) is 9.17. The minimum absolute atomic E-state index is 0.129. The van der Waals surface area contributed by atoms with E-state index in [-0.39, 0.29) is 36.0 Å². The van der Waals surface area contributed by atoms with Gasteiger partial charge in [0.15, 0.2) is 0 Å². The molecule has 2 aliphatic heterocycles. The molecule has 3 amide bonds. The third-order valence-electron chi connectivity index (χ3n) is 6.96. The van der Waals surface area contributed by atoms with Crippen molar-refractivity contribution in [3.8, 4) is 0 Å². The lowest BCUT2D eigenvalue weighted by atomic mass is 9.94. The van der Waals surface area contributed by atoms with Crippen LogP contribution in [0.3, 0.4) is 0 Å². The molecular formula is C23H37N5O3. The zero-order chi connectivity index (χ0) is 22.4. The fraction of sp³-hybridized carbons (Fsp3) is 0.739. The monoisotopic (exact) mass is 431 g/mol. The second-order valence-corrected chi connectivity index (χ2v) is 9.17. The first-order chi connectivity index (χ1) is 14.9. The fourth-order valence-electron chi connectivity index (χ4n) is 4.59. The van der Waals surface area contributed by atoms with E-state index in [0.29, 0.717) is 5.70 Å². The van der Waals surface area contributed by atoms with Crippen molar-refractivity contribution in [1.82, 2.24) is 20.4 Å². The van der Waals surface area contributed by atoms with Crippen molar-refractivity contribution in [2.24, 2.45) is 4.99 Å². The van der Waals surface area contributed by atoms with Crippen LogP contribution in [0.5, 0.6) is 0 Å². The summed E-state index contributed by atoms with van der Waals surface area (Å²) in [7, 11) is 3.22. The lowest BCUT2D eigenvalue weighted by molar-refractivity contribution is -0.145. The Balaban J connectivity index is 1.68. The molecule has 1 aliphatic carbocycles. The summed E-state index contributed by atoms with van der Waals surface area (Å²) in [5, 5.41) is 6.27. The third kappa shape index (κ3) is 5.28. The van der Waals surface area contributed by atoms with E-state index in [1.807, 2.05) is 0 Å². The molecule has 2 saturated heterocycles. The Hall–Kier alpha value is -2.38. The number of aliphatic imine (C=N–C) groups is 1. The highest BCUT2D eigenvalue weighted by Crippen LogP contribution is 2.23. The molecule has 1 atom stereocenters. The highest BCUT2D eigenvalue weighted by molar-refractivity contribution is 6.44. The maximum atomic E-state index is 13.1. The van der Waals surface area contributed by atoms with Gasteiger partial charge in [-0.25, -0.2) is 0 Å². The van der Waals surface area contributed by atoms with Gasteiger partial charge in [0.1, 0.15) is 16.9 Å². The van der Waals surface area contributed by atoms with Crippen molar-refractivity contribution >= 4 is 23.4 Å². The van der Waals surface area contributed by atoms with Crippen LogP contribution in [0.2, 0.25) is 0 Å². The van der Waals surface area contributed by atoms with Crippen LogP contribution < -0.4 is 10.6 Å². The average molecular weight is 432 g/mol. The smallest absolute Gasteiger partial charge is 0.272 e. The molecule has 0 radical (unpaired) electrons. The Morgan fingerprint density at radius 2 is 1.71 bits per heavy atom. The van der Waals surface area contributed by atoms with Crippen LogP contribution in [0, 0.1) is 0 Å². The number of amides is 3. The minimum Gasteiger partial charge on any atom is -0.378 e. The van der Waals surface area contributed by atoms with Gasteiger partial charge in [0.25, 0.3) is 11.8 Å². The van der Waals surface area contributed by atoms with Gasteiger partial charge in [0.05, 0.1) is 0 Å². The number of hydrogen-bond acceptors (Lipinski definition) is 5. The van der Waals surface area contributed by atoms with Crippen LogP contribution in [-0.2, 0) is 14.4 Å². The summed E-state index contributed by atoms with van der Waals surface area (Å²) in [5.74, 6) is -0.584. The number of likely N-dealkylation sites (N-methyl/N-ethyl adjacent to an activating group) is 1. The number of rotatable bonds is 4. The molecule has 2 heterocycles. The van der Waals surface area contributed by atoms with E-state index >= 15 is 0 Å². The first-order valence-electron chi connectivity index (χ1n) is 11.7. The van der Waals surface area contributed by atoms with Gasteiger partial charge in [-0.15, -0.1) is 0 Å². The van der Waals surface area contributed by atoms with Gasteiger partial charge in [-0.2, -0.15) is 0 Å². The maximum absolute atomic E-state index is 13.1. The number of piperidine rings is 1. The number of piperazine rings is 1. The van der Waals surface area contributed by atoms with E-state index in [1.165, 1.54) is 23.8 Å². The fourth-order valence-corrected chi connectivity index (χ4v) is 4.59. The molecule has 0 aromatic carbocycles. The summed E-state index contributed by atoms with van der Waals surface area (Å²) in [6.07, 6.45) is 11.3. The van der Waals surface area contributed by atoms with E-state index in [4.69, 9.17) is 0 Å². The number of likely N-dealkylation sites (tertiary alicyclic amines) is 1. The number of carbonyl (C=O) groups excluding carboxylic acids is 3. The molecule has 0 bridgehead atoms. The molecule has 3 aliphatic rings. The summed E-state index contributed by atoms with van der Waals surface area (Å²) < 4.78 is 0. The Morgan fingerprint density at radius 1 is 1.10 bits per heavy atom. The van der Waals surface area contributed by atoms with Gasteiger partial charge >= 0.3 is 0 Å². The molecule has 2 N–H and O–H groups in total. The van der Waals surface area contributed by atoms with Gasteiger partial charge in [-0.1, -0.05) is 25.7 Å². The Morgan fingerprint density at radius 3 is 2.32 bits per heavy atom. The number of carbonyl (C=O) groups is 3. The molecule has 0 aromatic heterocycles. The van der Waals surface area contributed by atoms with Gasteiger partial charge < -0.3 is 20.4 Å². The third-order valence-corrected chi connectivity index (χ3v) is 6.96. The minimum atomic E-state index is -0.985. The van der Waals surface area contributed by atoms with Crippen molar-refractivity contribution in [3.05, 3.63) is 11.8 Å². The zero-order valence-electron chi connectivity index (χ0n) is 19.2. The van der Waals surface area contributed by atoms with Crippen molar-refractivity contribution in [2.75, 3.05) is 33.7 Å². The first kappa shape index (κ1) is 23.3. The molecule has 8 nitrogen and oxygen atoms in total. The van der Waals surface area contributed by atoms with E-state index in [1.54, 1.807) is 25.9 Å². The predicted molar refractivity (Wildman–Crippen MR) is 121 cm³/mol. The molecule has 8 heteroatoms. The highest BCUT2D eigenvalue weighted by Gasteiger charge is 2.45. The van der Waals surface area contributed by atoms with E-state index < -0.39 is 5.54 Å². The number of nitrogens with one attached hydrogen (secondary N) is 2. The summed E-state index contributed by atoms with van der Waals surface area (Å²) in [5.41, 5.74) is -0.424. The Bertz CT molecular complexity index is 748. The molecule has 3 fully saturated rings. The van der Waals surface area contributed by atoms with Crippen LogP contribution in [0.25, 0.3) is 0 Å². The molecule has 31 heavy (non-hydrogen) atoms. The largest absolute Gasteiger partial charge is 0.378 e. The van der Waals surface area contributed by atoms with Crippen molar-refractivity contribution in [2.45, 2.75) is 76.3 Å². The summed E-state index contributed by atoms with van der Waals surface area (Å²) in [4.78, 5) is 46.4. The van der Waals surface area contributed by atoms with Crippen molar-refractivity contribution in [3.63, 3.8) is 0 Å². The van der Waals surface area contributed by atoms with Crippen LogP contribution in [0.15, 0.2) is 16.8 Å². The van der Waals surface area contributed by atoms with E-state index in [2.05, 4.69) is 15.6 Å². The molecule has 0 spiro atoms. The van der Waals surface area contributed by atoms with Crippen LogP contribution >= 0.6 is 0 Å². The summed E-state index contributed by atoms with van der Waals surface area (Å²) in [6.45, 7) is 3.52. The molecule has 3 rings (SSSR count). The Labute approximate surface area is 185 Å². The van der Waals surface area contributed by atoms with E-state index in [9.17, 15) is 14.4 Å². The lowest BCUT2D eigenvalue weighted by Gasteiger charge is -2.43. The molecule has 1 saturated carbocycles. The topological polar surface area (TPSA) is 94.1 Å². The van der Waals surface area contributed by atoms with Crippen LogP contribution in [-0.4, -0.2) is 78.5 Å². The highest BCUT2D eigenvalue weighted by atomic mass is 16.2. The van der Waals surface area contributed by atoms with Gasteiger partial charge in [-0.05, 0) is 45.1 Å². The van der Waals surface area contributed by atoms with Crippen molar-refractivity contribution < 1.29 is 14.4 Å². The number of nitrogens with zero attached hydrogens (tertiary/aromatic N) is 3. The quantitative estimate of drug-likeness (QED) is 0.402. The first-order valence-corrected chi connectivity index (χ1v) is 11.7. The number of hydrogen-bond donors (Lipinski definition) is 2. The zero-order valence-corrected chi connectivity index (χ0v) is 19.2. The van der Waals surface area contributed by atoms with Crippen LogP contribution in [0.4, 0.5) is 0 Å². The maximum Gasteiger partial charge on any atom is 0.272 e. The summed E-state index contributed by atoms with van der Waals surface area (Å²) >= 11 is 0. The van der Waals surface area contributed by atoms with Gasteiger partial charge in [0.2, 0.25) is 5.91 Å². The Kier molecular flexibility index (Phi) is 7.73. The SMILES string of the molecule is C/N=C(\C=C1/NCC(C)(C(=O)NC2CCCCCC2)N(C)C1=O)C(=O)N1CCCCC1. The second kappa shape index (κ2) is 10.3. The van der Waals surface area contributed by atoms with Crippen molar-refractivity contribution in [1.29, 1.82) is 0 Å². The normalized spacial score (nSPS) is 27.6. The average Bonchev–Trinajstić information content (AvgIpc) is 3.06. The van der Waals surface area contributed by atoms with Gasteiger partial charge in [-0.3, -0.25) is 19.4 Å². The van der Waals surface area contributed by atoms with Gasteiger partial charge in [0, 0.05) is 39.8 Å². The predicted octanol–water partition coefficient (Wildman–Crippen LogP) is 1.61. The molecule has 172 valence electrons.